The second-order valence-electron chi connectivity index (χ2n) is 4.46. The smallest absolute Gasteiger partial charge is 0.0441 e. The van der Waals surface area contributed by atoms with E-state index in [-0.39, 0.29) is 6.04 Å². The molecule has 0 heterocycles. The minimum Gasteiger partial charge on any atom is -0.324 e. The summed E-state index contributed by atoms with van der Waals surface area (Å²) in [6, 6.07) is 14.2. The van der Waals surface area contributed by atoms with Gasteiger partial charge in [0.25, 0.3) is 0 Å². The highest BCUT2D eigenvalue weighted by atomic mass is 79.9. The van der Waals surface area contributed by atoms with E-state index < -0.39 is 0 Å². The fourth-order valence-corrected chi connectivity index (χ4v) is 2.46. The highest BCUT2D eigenvalue weighted by Gasteiger charge is 2.09. The van der Waals surface area contributed by atoms with Gasteiger partial charge in [-0.25, -0.2) is 0 Å². The summed E-state index contributed by atoms with van der Waals surface area (Å²) in [6.07, 6.45) is 0.751. The SMILES string of the molecule is Cc1ccc(CC(N)c2ccc(Br)cc2)c(Cl)c1. The maximum absolute atomic E-state index is 6.22. The van der Waals surface area contributed by atoms with Crippen LogP contribution in [0.25, 0.3) is 0 Å². The van der Waals surface area contributed by atoms with Crippen LogP contribution in [0.5, 0.6) is 0 Å². The molecule has 0 aliphatic rings. The molecule has 2 N–H and O–H groups in total. The molecule has 2 aromatic rings. The zero-order chi connectivity index (χ0) is 13.1. The Balaban J connectivity index is 2.15. The van der Waals surface area contributed by atoms with Crippen LogP contribution in [0.15, 0.2) is 46.9 Å². The van der Waals surface area contributed by atoms with Crippen molar-refractivity contribution in [2.75, 3.05) is 0 Å². The van der Waals surface area contributed by atoms with Gasteiger partial charge in [0.15, 0.2) is 0 Å². The zero-order valence-electron chi connectivity index (χ0n) is 10.2. The van der Waals surface area contributed by atoms with Crippen molar-refractivity contribution in [1.29, 1.82) is 0 Å². The molecule has 0 aromatic heterocycles. The predicted molar refractivity (Wildman–Crippen MR) is 81.0 cm³/mol. The van der Waals surface area contributed by atoms with Crippen molar-refractivity contribution in [2.45, 2.75) is 19.4 Å². The maximum atomic E-state index is 6.22. The Morgan fingerprint density at radius 2 is 1.83 bits per heavy atom. The quantitative estimate of drug-likeness (QED) is 0.873. The van der Waals surface area contributed by atoms with Crippen LogP contribution in [0, 0.1) is 6.92 Å². The molecule has 0 saturated carbocycles. The van der Waals surface area contributed by atoms with E-state index in [0.29, 0.717) is 0 Å². The van der Waals surface area contributed by atoms with E-state index in [2.05, 4.69) is 28.1 Å². The summed E-state index contributed by atoms with van der Waals surface area (Å²) < 4.78 is 1.06. The first-order valence-electron chi connectivity index (χ1n) is 5.82. The molecule has 3 heteroatoms. The van der Waals surface area contributed by atoms with Gasteiger partial charge in [-0.1, -0.05) is 51.8 Å². The molecule has 0 fully saturated rings. The largest absolute Gasteiger partial charge is 0.324 e. The van der Waals surface area contributed by atoms with Crippen LogP contribution < -0.4 is 5.73 Å². The summed E-state index contributed by atoms with van der Waals surface area (Å²) in [5.41, 5.74) is 9.59. The van der Waals surface area contributed by atoms with E-state index in [4.69, 9.17) is 17.3 Å². The fraction of sp³-hybridized carbons (Fsp3) is 0.200. The standard InChI is InChI=1S/C15H15BrClN/c1-10-2-3-12(14(17)8-10)9-15(18)11-4-6-13(16)7-5-11/h2-8,15H,9,18H2,1H3. The maximum Gasteiger partial charge on any atom is 0.0441 e. The predicted octanol–water partition coefficient (Wildman–Crippen LogP) is 4.65. The van der Waals surface area contributed by atoms with Crippen molar-refractivity contribution < 1.29 is 0 Å². The van der Waals surface area contributed by atoms with Gasteiger partial charge in [-0.3, -0.25) is 0 Å². The second-order valence-corrected chi connectivity index (χ2v) is 5.78. The molecule has 2 aromatic carbocycles. The Morgan fingerprint density at radius 3 is 2.44 bits per heavy atom. The van der Waals surface area contributed by atoms with E-state index in [1.165, 1.54) is 5.56 Å². The molecule has 18 heavy (non-hydrogen) atoms. The van der Waals surface area contributed by atoms with Crippen molar-refractivity contribution in [1.82, 2.24) is 0 Å². The lowest BCUT2D eigenvalue weighted by molar-refractivity contribution is 0.722. The molecule has 0 saturated heterocycles. The minimum absolute atomic E-state index is 0.0293. The van der Waals surface area contributed by atoms with E-state index in [0.717, 1.165) is 27.0 Å². The number of aryl methyl sites for hydroxylation is 1. The van der Waals surface area contributed by atoms with Crippen LogP contribution in [-0.4, -0.2) is 0 Å². The summed E-state index contributed by atoms with van der Waals surface area (Å²) in [6.45, 7) is 2.03. The van der Waals surface area contributed by atoms with Gasteiger partial charge in [-0.15, -0.1) is 0 Å². The molecule has 0 aliphatic carbocycles. The highest BCUT2D eigenvalue weighted by Crippen LogP contribution is 2.24. The lowest BCUT2D eigenvalue weighted by Crippen LogP contribution is -2.13. The summed E-state index contributed by atoms with van der Waals surface area (Å²) >= 11 is 9.64. The van der Waals surface area contributed by atoms with Crippen molar-refractivity contribution in [3.05, 3.63) is 68.7 Å². The van der Waals surface area contributed by atoms with Crippen molar-refractivity contribution in [2.24, 2.45) is 5.73 Å². The molecule has 94 valence electrons. The lowest BCUT2D eigenvalue weighted by atomic mass is 9.99. The molecule has 0 amide bonds. The van der Waals surface area contributed by atoms with E-state index in [9.17, 15) is 0 Å². The number of benzene rings is 2. The molecule has 0 spiro atoms. The van der Waals surface area contributed by atoms with Crippen LogP contribution >= 0.6 is 27.5 Å². The molecular formula is C15H15BrClN. The fourth-order valence-electron chi connectivity index (χ4n) is 1.88. The first-order valence-corrected chi connectivity index (χ1v) is 6.99. The van der Waals surface area contributed by atoms with Gasteiger partial charge in [0.05, 0.1) is 0 Å². The Kier molecular flexibility index (Phi) is 4.44. The van der Waals surface area contributed by atoms with E-state index in [1.54, 1.807) is 0 Å². The summed E-state index contributed by atoms with van der Waals surface area (Å²) in [5, 5.41) is 0.794. The Bertz CT molecular complexity index is 537. The average molecular weight is 325 g/mol. The monoisotopic (exact) mass is 323 g/mol. The first kappa shape index (κ1) is 13.6. The number of halogens is 2. The number of nitrogens with two attached hydrogens (primary N) is 1. The second kappa shape index (κ2) is 5.87. The molecule has 2 rings (SSSR count). The molecule has 1 unspecified atom stereocenters. The number of hydrogen-bond donors (Lipinski definition) is 1. The molecular weight excluding hydrogens is 310 g/mol. The number of rotatable bonds is 3. The Hall–Kier alpha value is -0.830. The zero-order valence-corrected chi connectivity index (χ0v) is 12.5. The van der Waals surface area contributed by atoms with Crippen molar-refractivity contribution in [3.63, 3.8) is 0 Å². The molecule has 0 radical (unpaired) electrons. The molecule has 0 aliphatic heterocycles. The van der Waals surface area contributed by atoms with Crippen LogP contribution in [0.1, 0.15) is 22.7 Å². The topological polar surface area (TPSA) is 26.0 Å². The lowest BCUT2D eigenvalue weighted by Gasteiger charge is -2.13. The van der Waals surface area contributed by atoms with Crippen LogP contribution in [0.2, 0.25) is 5.02 Å². The third-order valence-electron chi connectivity index (χ3n) is 2.95. The summed E-state index contributed by atoms with van der Waals surface area (Å²) in [7, 11) is 0. The van der Waals surface area contributed by atoms with E-state index >= 15 is 0 Å². The molecule has 1 nitrogen and oxygen atoms in total. The van der Waals surface area contributed by atoms with Gasteiger partial charge in [-0.05, 0) is 48.2 Å². The molecule has 0 bridgehead atoms. The van der Waals surface area contributed by atoms with Crippen LogP contribution in [-0.2, 0) is 6.42 Å². The van der Waals surface area contributed by atoms with Gasteiger partial charge in [-0.2, -0.15) is 0 Å². The number of hydrogen-bond acceptors (Lipinski definition) is 1. The van der Waals surface area contributed by atoms with Crippen molar-refractivity contribution in [3.8, 4) is 0 Å². The normalized spacial score (nSPS) is 12.4. The van der Waals surface area contributed by atoms with Gasteiger partial charge >= 0.3 is 0 Å². The third-order valence-corrected chi connectivity index (χ3v) is 3.83. The van der Waals surface area contributed by atoms with Gasteiger partial charge in [0.1, 0.15) is 0 Å². The summed E-state index contributed by atoms with van der Waals surface area (Å²) in [4.78, 5) is 0. The highest BCUT2D eigenvalue weighted by molar-refractivity contribution is 9.10. The van der Waals surface area contributed by atoms with Gasteiger partial charge < -0.3 is 5.73 Å². The summed E-state index contributed by atoms with van der Waals surface area (Å²) in [5.74, 6) is 0. The first-order chi connectivity index (χ1) is 8.56. The van der Waals surface area contributed by atoms with Crippen LogP contribution in [0.3, 0.4) is 0 Å². The third kappa shape index (κ3) is 3.35. The van der Waals surface area contributed by atoms with Gasteiger partial charge in [0.2, 0.25) is 0 Å². The Morgan fingerprint density at radius 1 is 1.17 bits per heavy atom. The molecule has 1 atom stereocenters. The van der Waals surface area contributed by atoms with Crippen LogP contribution in [0.4, 0.5) is 0 Å². The van der Waals surface area contributed by atoms with Crippen molar-refractivity contribution >= 4 is 27.5 Å². The van der Waals surface area contributed by atoms with Gasteiger partial charge in [0, 0.05) is 15.5 Å². The van der Waals surface area contributed by atoms with E-state index in [1.807, 2.05) is 37.3 Å². The minimum atomic E-state index is -0.0293. The Labute approximate surface area is 121 Å². The average Bonchev–Trinajstić information content (AvgIpc) is 2.33.